The second kappa shape index (κ2) is 31.7. The summed E-state index contributed by atoms with van der Waals surface area (Å²) in [6, 6.07) is 0. The van der Waals surface area contributed by atoms with Crippen molar-refractivity contribution in [2.24, 2.45) is 0 Å². The van der Waals surface area contributed by atoms with Crippen LogP contribution in [0.5, 0.6) is 0 Å². The van der Waals surface area contributed by atoms with Crippen LogP contribution in [0.1, 0.15) is 213 Å². The van der Waals surface area contributed by atoms with E-state index in [1.165, 1.54) is 128 Å². The average Bonchev–Trinajstić information content (AvgIpc) is 2.99. The SMILES string of the molecule is CCCCCCCCCCCCCCCC(=O)C(O)(CCNCCC)C(=O)CCCCCCCCCCCCCCC. The van der Waals surface area contributed by atoms with Crippen LogP contribution in [0.4, 0.5) is 0 Å². The minimum absolute atomic E-state index is 0.210. The molecule has 0 spiro atoms. The van der Waals surface area contributed by atoms with Gasteiger partial charge in [-0.2, -0.15) is 0 Å². The Kier molecular flexibility index (Phi) is 31.1. The quantitative estimate of drug-likeness (QED) is 0.0566. The van der Waals surface area contributed by atoms with Gasteiger partial charge in [-0.3, -0.25) is 9.59 Å². The van der Waals surface area contributed by atoms with Crippen molar-refractivity contribution in [1.29, 1.82) is 0 Å². The highest BCUT2D eigenvalue weighted by molar-refractivity contribution is 6.10. The van der Waals surface area contributed by atoms with Crippen molar-refractivity contribution in [2.75, 3.05) is 13.1 Å². The van der Waals surface area contributed by atoms with Crippen LogP contribution in [0, 0.1) is 0 Å². The molecule has 0 aliphatic carbocycles. The molecule has 0 atom stereocenters. The van der Waals surface area contributed by atoms with Crippen LogP contribution >= 0.6 is 0 Å². The van der Waals surface area contributed by atoms with Gasteiger partial charge in [-0.15, -0.1) is 0 Å². The molecule has 250 valence electrons. The van der Waals surface area contributed by atoms with Gasteiger partial charge >= 0.3 is 0 Å². The summed E-state index contributed by atoms with van der Waals surface area (Å²) >= 11 is 0. The lowest BCUT2D eigenvalue weighted by Gasteiger charge is -2.26. The van der Waals surface area contributed by atoms with E-state index in [1.807, 2.05) is 0 Å². The smallest absolute Gasteiger partial charge is 0.182 e. The van der Waals surface area contributed by atoms with Crippen molar-refractivity contribution in [3.8, 4) is 0 Å². The summed E-state index contributed by atoms with van der Waals surface area (Å²) in [5, 5.41) is 14.6. The van der Waals surface area contributed by atoms with E-state index in [-0.39, 0.29) is 18.0 Å². The van der Waals surface area contributed by atoms with Gasteiger partial charge in [0.2, 0.25) is 0 Å². The number of ketones is 2. The van der Waals surface area contributed by atoms with Crippen molar-refractivity contribution < 1.29 is 14.7 Å². The fourth-order valence-electron chi connectivity index (χ4n) is 6.03. The van der Waals surface area contributed by atoms with E-state index in [2.05, 4.69) is 26.1 Å². The Morgan fingerprint density at radius 2 is 0.714 bits per heavy atom. The van der Waals surface area contributed by atoms with Crippen LogP contribution in [0.2, 0.25) is 0 Å². The number of unbranched alkanes of at least 4 members (excludes halogenated alkanes) is 24. The summed E-state index contributed by atoms with van der Waals surface area (Å²) in [4.78, 5) is 26.2. The average molecular weight is 594 g/mol. The third kappa shape index (κ3) is 24.7. The van der Waals surface area contributed by atoms with E-state index in [4.69, 9.17) is 0 Å². The topological polar surface area (TPSA) is 66.4 Å². The second-order valence-electron chi connectivity index (χ2n) is 13.2. The molecule has 0 heterocycles. The first-order valence-electron chi connectivity index (χ1n) is 19.0. The van der Waals surface area contributed by atoms with Gasteiger partial charge in [-0.25, -0.2) is 0 Å². The molecule has 0 radical (unpaired) electrons. The highest BCUT2D eigenvalue weighted by Gasteiger charge is 2.41. The number of aliphatic hydroxyl groups is 1. The van der Waals surface area contributed by atoms with Crippen LogP contribution in [-0.2, 0) is 9.59 Å². The first-order valence-corrected chi connectivity index (χ1v) is 19.0. The van der Waals surface area contributed by atoms with Gasteiger partial charge in [-0.05, 0) is 32.4 Å². The maximum atomic E-state index is 13.1. The Morgan fingerprint density at radius 1 is 0.429 bits per heavy atom. The molecule has 0 unspecified atom stereocenters. The zero-order chi connectivity index (χ0) is 31.0. The van der Waals surface area contributed by atoms with Crippen LogP contribution in [0.25, 0.3) is 0 Å². The Hall–Kier alpha value is -0.740. The van der Waals surface area contributed by atoms with Crippen LogP contribution in [-0.4, -0.2) is 35.4 Å². The van der Waals surface area contributed by atoms with Gasteiger partial charge in [0.05, 0.1) is 0 Å². The molecule has 4 nitrogen and oxygen atoms in total. The monoisotopic (exact) mass is 594 g/mol. The first-order chi connectivity index (χ1) is 20.5. The fourth-order valence-corrected chi connectivity index (χ4v) is 6.03. The van der Waals surface area contributed by atoms with Gasteiger partial charge in [0.1, 0.15) is 0 Å². The van der Waals surface area contributed by atoms with Crippen LogP contribution in [0.3, 0.4) is 0 Å². The lowest BCUT2D eigenvalue weighted by Crippen LogP contribution is -2.48. The number of Topliss-reactive ketones (excluding diaryl/α,β-unsaturated/α-hetero) is 2. The van der Waals surface area contributed by atoms with Crippen LogP contribution in [0.15, 0.2) is 0 Å². The van der Waals surface area contributed by atoms with E-state index >= 15 is 0 Å². The third-order valence-electron chi connectivity index (χ3n) is 9.03. The number of hydrogen-bond acceptors (Lipinski definition) is 4. The van der Waals surface area contributed by atoms with Crippen molar-refractivity contribution >= 4 is 11.6 Å². The largest absolute Gasteiger partial charge is 0.374 e. The predicted molar refractivity (Wildman–Crippen MR) is 183 cm³/mol. The van der Waals surface area contributed by atoms with Gasteiger partial charge in [0, 0.05) is 19.3 Å². The zero-order valence-corrected chi connectivity index (χ0v) is 28.9. The molecule has 0 saturated heterocycles. The molecule has 0 rings (SSSR count). The minimum atomic E-state index is -1.80. The molecule has 0 bridgehead atoms. The lowest BCUT2D eigenvalue weighted by molar-refractivity contribution is -0.151. The summed E-state index contributed by atoms with van der Waals surface area (Å²) in [5.41, 5.74) is -1.80. The maximum absolute atomic E-state index is 13.1. The molecule has 0 amide bonds. The molecule has 4 heteroatoms. The molecule has 0 aromatic rings. The summed E-state index contributed by atoms with van der Waals surface area (Å²) in [5.74, 6) is -0.493. The van der Waals surface area contributed by atoms with Gasteiger partial charge in [0.25, 0.3) is 0 Å². The Morgan fingerprint density at radius 3 is 1.00 bits per heavy atom. The van der Waals surface area contributed by atoms with Crippen molar-refractivity contribution in [3.05, 3.63) is 0 Å². The molecule has 2 N–H and O–H groups in total. The van der Waals surface area contributed by atoms with Crippen LogP contribution < -0.4 is 5.32 Å². The van der Waals surface area contributed by atoms with Crippen molar-refractivity contribution in [2.45, 2.75) is 219 Å². The summed E-state index contributed by atoms with van der Waals surface area (Å²) < 4.78 is 0. The number of rotatable bonds is 35. The Bertz CT molecular complexity index is 549. The molecule has 0 saturated carbocycles. The van der Waals surface area contributed by atoms with Crippen molar-refractivity contribution in [3.63, 3.8) is 0 Å². The van der Waals surface area contributed by atoms with Crippen molar-refractivity contribution in [1.82, 2.24) is 5.32 Å². The normalized spacial score (nSPS) is 11.8. The molecule has 0 fully saturated rings. The van der Waals surface area contributed by atoms with E-state index in [0.29, 0.717) is 19.4 Å². The standard InChI is InChI=1S/C38H75NO3/c1-4-7-9-11-13-15-17-19-21-23-25-27-29-31-36(40)38(42,33-35-39-34-6-3)37(41)32-30-28-26-24-22-20-18-16-14-12-10-8-5-2/h39,42H,4-35H2,1-3H3. The van der Waals surface area contributed by atoms with Gasteiger partial charge in [0.15, 0.2) is 17.2 Å². The molecule has 42 heavy (non-hydrogen) atoms. The number of hydrogen-bond donors (Lipinski definition) is 2. The molecule has 0 aromatic heterocycles. The van der Waals surface area contributed by atoms with E-state index in [9.17, 15) is 14.7 Å². The molecule has 0 aliphatic rings. The van der Waals surface area contributed by atoms with E-state index in [1.54, 1.807) is 0 Å². The number of nitrogens with one attached hydrogen (secondary N) is 1. The summed E-state index contributed by atoms with van der Waals surface area (Å²) in [6.07, 6.45) is 34.6. The van der Waals surface area contributed by atoms with E-state index in [0.717, 1.165) is 51.5 Å². The predicted octanol–water partition coefficient (Wildman–Crippen LogP) is 11.2. The Balaban J connectivity index is 4.12. The third-order valence-corrected chi connectivity index (χ3v) is 9.03. The minimum Gasteiger partial charge on any atom is -0.374 e. The fraction of sp³-hybridized carbons (Fsp3) is 0.947. The molecular formula is C38H75NO3. The number of carbonyl (C=O) groups excluding carboxylic acids is 2. The Labute approximate surface area is 263 Å². The highest BCUT2D eigenvalue weighted by atomic mass is 16.3. The number of carbonyl (C=O) groups is 2. The maximum Gasteiger partial charge on any atom is 0.182 e. The summed E-state index contributed by atoms with van der Waals surface area (Å²) in [7, 11) is 0. The second-order valence-corrected chi connectivity index (χ2v) is 13.2. The highest BCUT2D eigenvalue weighted by Crippen LogP contribution is 2.22. The molecule has 0 aliphatic heterocycles. The molecule has 0 aromatic carbocycles. The van der Waals surface area contributed by atoms with E-state index < -0.39 is 5.60 Å². The van der Waals surface area contributed by atoms with Gasteiger partial charge in [-0.1, -0.05) is 175 Å². The molecular weight excluding hydrogens is 518 g/mol. The lowest BCUT2D eigenvalue weighted by atomic mass is 9.84. The zero-order valence-electron chi connectivity index (χ0n) is 28.9. The van der Waals surface area contributed by atoms with Gasteiger partial charge < -0.3 is 10.4 Å². The first kappa shape index (κ1) is 41.3. The summed E-state index contributed by atoms with van der Waals surface area (Å²) in [6.45, 7) is 7.99.